The number of benzene rings is 1. The van der Waals surface area contributed by atoms with Crippen molar-refractivity contribution in [1.82, 2.24) is 15.2 Å². The van der Waals surface area contributed by atoms with Crippen LogP contribution in [0.15, 0.2) is 46.5 Å². The second-order valence-corrected chi connectivity index (χ2v) is 5.34. The van der Waals surface area contributed by atoms with E-state index in [4.69, 9.17) is 0 Å². The minimum atomic E-state index is -4.52. The molecule has 0 aliphatic rings. The second-order valence-electron chi connectivity index (χ2n) is 4.46. The highest BCUT2D eigenvalue weighted by atomic mass is 32.2. The van der Waals surface area contributed by atoms with Crippen molar-refractivity contribution in [2.45, 2.75) is 17.6 Å². The highest BCUT2D eigenvalue weighted by Gasteiger charge is 2.33. The van der Waals surface area contributed by atoms with E-state index in [-0.39, 0.29) is 6.54 Å². The molecule has 0 bridgehead atoms. The highest BCUT2D eigenvalue weighted by Crippen LogP contribution is 2.27. The van der Waals surface area contributed by atoms with Crippen LogP contribution in [0, 0.1) is 0 Å². The number of hydrogen-bond acceptors (Lipinski definition) is 4. The molecule has 0 radical (unpaired) electrons. The molecule has 5 nitrogen and oxygen atoms in total. The molecule has 0 saturated carbocycles. The van der Waals surface area contributed by atoms with Gasteiger partial charge < -0.3 is 0 Å². The summed E-state index contributed by atoms with van der Waals surface area (Å²) in [7, 11) is 0. The first-order chi connectivity index (χ1) is 10.9. The largest absolute Gasteiger partial charge is 0.435 e. The maximum Gasteiger partial charge on any atom is 0.435 e. The standard InChI is InChI=1S/C14H13F3N4OS/c1-23-11-4-2-10(3-5-11)8-18-19-13(22)9-21-7-6-12(20-21)14(15,16)17/h2-8H,9H2,1H3,(H,19,22)/b18-8-. The quantitative estimate of drug-likeness (QED) is 0.516. The third-order valence-corrected chi connectivity index (χ3v) is 3.50. The molecule has 1 aromatic carbocycles. The fraction of sp³-hybridized carbons (Fsp3) is 0.214. The molecule has 1 N–H and O–H groups in total. The fourth-order valence-electron chi connectivity index (χ4n) is 1.65. The first-order valence-corrected chi connectivity index (χ1v) is 7.67. The smallest absolute Gasteiger partial charge is 0.271 e. The zero-order chi connectivity index (χ0) is 16.9. The Labute approximate surface area is 134 Å². The molecule has 2 rings (SSSR count). The molecule has 0 unspecified atom stereocenters. The molecule has 1 aromatic heterocycles. The van der Waals surface area contributed by atoms with Crippen molar-refractivity contribution in [1.29, 1.82) is 0 Å². The van der Waals surface area contributed by atoms with Gasteiger partial charge in [-0.1, -0.05) is 12.1 Å². The van der Waals surface area contributed by atoms with Crippen LogP contribution in [0.4, 0.5) is 13.2 Å². The third kappa shape index (κ3) is 5.13. The average Bonchev–Trinajstić information content (AvgIpc) is 2.96. The van der Waals surface area contributed by atoms with Crippen LogP contribution in [0.5, 0.6) is 0 Å². The number of nitrogens with one attached hydrogen (secondary N) is 1. The number of amides is 1. The number of halogens is 3. The minimum absolute atomic E-state index is 0.348. The van der Waals surface area contributed by atoms with Crippen LogP contribution < -0.4 is 5.43 Å². The topological polar surface area (TPSA) is 59.3 Å². The summed E-state index contributed by atoms with van der Waals surface area (Å²) < 4.78 is 38.0. The number of nitrogens with zero attached hydrogens (tertiary/aromatic N) is 3. The number of thioether (sulfide) groups is 1. The summed E-state index contributed by atoms with van der Waals surface area (Å²) in [5.41, 5.74) is 1.99. The Balaban J connectivity index is 1.87. The zero-order valence-corrected chi connectivity index (χ0v) is 12.9. The van der Waals surface area contributed by atoms with Crippen molar-refractivity contribution in [2.24, 2.45) is 5.10 Å². The van der Waals surface area contributed by atoms with Crippen molar-refractivity contribution >= 4 is 23.9 Å². The van der Waals surface area contributed by atoms with Crippen LogP contribution in [0.25, 0.3) is 0 Å². The van der Waals surface area contributed by atoms with Crippen LogP contribution in [-0.4, -0.2) is 28.2 Å². The molecule has 23 heavy (non-hydrogen) atoms. The van der Waals surface area contributed by atoms with E-state index in [1.54, 1.807) is 11.8 Å². The van der Waals surface area contributed by atoms with Crippen molar-refractivity contribution in [2.75, 3.05) is 6.26 Å². The summed E-state index contributed by atoms with van der Waals surface area (Å²) in [4.78, 5) is 12.7. The van der Waals surface area contributed by atoms with Crippen molar-refractivity contribution < 1.29 is 18.0 Å². The van der Waals surface area contributed by atoms with Gasteiger partial charge in [0.2, 0.25) is 0 Å². The summed E-state index contributed by atoms with van der Waals surface area (Å²) in [6, 6.07) is 8.31. The molecule has 0 saturated heterocycles. The van der Waals surface area contributed by atoms with E-state index in [9.17, 15) is 18.0 Å². The average molecular weight is 342 g/mol. The second kappa shape index (κ2) is 7.32. The zero-order valence-electron chi connectivity index (χ0n) is 12.0. The molecule has 1 heterocycles. The lowest BCUT2D eigenvalue weighted by Crippen LogP contribution is -2.23. The van der Waals surface area contributed by atoms with E-state index in [1.807, 2.05) is 30.5 Å². The van der Waals surface area contributed by atoms with Gasteiger partial charge in [-0.3, -0.25) is 9.48 Å². The van der Waals surface area contributed by atoms with Gasteiger partial charge in [0.15, 0.2) is 5.69 Å². The maximum atomic E-state index is 12.4. The van der Waals surface area contributed by atoms with Crippen LogP contribution in [0.1, 0.15) is 11.3 Å². The lowest BCUT2D eigenvalue weighted by molar-refractivity contribution is -0.141. The number of carbonyl (C=O) groups is 1. The van der Waals surface area contributed by atoms with Gasteiger partial charge >= 0.3 is 6.18 Å². The van der Waals surface area contributed by atoms with Gasteiger partial charge in [-0.15, -0.1) is 11.8 Å². The predicted molar refractivity (Wildman–Crippen MR) is 81.2 cm³/mol. The Kier molecular flexibility index (Phi) is 5.43. The molecule has 0 aliphatic heterocycles. The molecule has 2 aromatic rings. The molecule has 0 spiro atoms. The van der Waals surface area contributed by atoms with Gasteiger partial charge in [-0.2, -0.15) is 23.4 Å². The normalized spacial score (nSPS) is 11.8. The molecular formula is C14H13F3N4OS. The number of alkyl halides is 3. The molecule has 0 fully saturated rings. The first-order valence-electron chi connectivity index (χ1n) is 6.45. The molecule has 9 heteroatoms. The number of aromatic nitrogens is 2. The van der Waals surface area contributed by atoms with Gasteiger partial charge in [-0.05, 0) is 30.0 Å². The predicted octanol–water partition coefficient (Wildman–Crippen LogP) is 2.77. The lowest BCUT2D eigenvalue weighted by atomic mass is 10.2. The van der Waals surface area contributed by atoms with E-state index in [0.29, 0.717) is 0 Å². The SMILES string of the molecule is CSc1ccc(/C=N\NC(=O)Cn2ccc(C(F)(F)F)n2)cc1. The highest BCUT2D eigenvalue weighted by molar-refractivity contribution is 7.98. The Morgan fingerprint density at radius 2 is 2.04 bits per heavy atom. The third-order valence-electron chi connectivity index (χ3n) is 2.76. The van der Waals surface area contributed by atoms with Crippen LogP contribution in [0.3, 0.4) is 0 Å². The van der Waals surface area contributed by atoms with Crippen molar-refractivity contribution in [3.8, 4) is 0 Å². The van der Waals surface area contributed by atoms with Crippen LogP contribution >= 0.6 is 11.8 Å². The lowest BCUT2D eigenvalue weighted by Gasteiger charge is -2.02. The molecular weight excluding hydrogens is 329 g/mol. The Hall–Kier alpha value is -2.29. The van der Waals surface area contributed by atoms with Crippen molar-refractivity contribution in [3.63, 3.8) is 0 Å². The summed E-state index contributed by atoms with van der Waals surface area (Å²) >= 11 is 1.61. The monoisotopic (exact) mass is 342 g/mol. The first kappa shape index (κ1) is 17.1. The summed E-state index contributed by atoms with van der Waals surface area (Å²) in [5.74, 6) is -0.571. The Morgan fingerprint density at radius 3 is 2.61 bits per heavy atom. The van der Waals surface area contributed by atoms with E-state index in [0.717, 1.165) is 27.4 Å². The number of carbonyl (C=O) groups excluding carboxylic acids is 1. The summed E-state index contributed by atoms with van der Waals surface area (Å²) in [6.45, 7) is -0.348. The van der Waals surface area contributed by atoms with Gasteiger partial charge in [0, 0.05) is 11.1 Å². The fourth-order valence-corrected chi connectivity index (χ4v) is 2.06. The van der Waals surface area contributed by atoms with Gasteiger partial charge in [0.05, 0.1) is 6.21 Å². The van der Waals surface area contributed by atoms with E-state index in [2.05, 4.69) is 15.6 Å². The molecule has 1 amide bonds. The number of rotatable bonds is 5. The minimum Gasteiger partial charge on any atom is -0.271 e. The van der Waals surface area contributed by atoms with Gasteiger partial charge in [-0.25, -0.2) is 5.43 Å². The Bertz CT molecular complexity index is 695. The van der Waals surface area contributed by atoms with Gasteiger partial charge in [0.25, 0.3) is 5.91 Å². The van der Waals surface area contributed by atoms with E-state index < -0.39 is 17.8 Å². The van der Waals surface area contributed by atoms with Crippen molar-refractivity contribution in [3.05, 3.63) is 47.8 Å². The summed E-state index contributed by atoms with van der Waals surface area (Å²) in [5, 5.41) is 7.04. The van der Waals surface area contributed by atoms with E-state index >= 15 is 0 Å². The number of hydrogen-bond donors (Lipinski definition) is 1. The van der Waals surface area contributed by atoms with Crippen LogP contribution in [-0.2, 0) is 17.5 Å². The van der Waals surface area contributed by atoms with Gasteiger partial charge in [0.1, 0.15) is 6.54 Å². The van der Waals surface area contributed by atoms with E-state index in [1.165, 1.54) is 6.21 Å². The summed E-state index contributed by atoms with van der Waals surface area (Å²) in [6.07, 6.45) is -0.0227. The molecule has 0 aliphatic carbocycles. The molecule has 122 valence electrons. The molecule has 0 atom stereocenters. The maximum absolute atomic E-state index is 12.4. The van der Waals surface area contributed by atoms with Crippen LogP contribution in [0.2, 0.25) is 0 Å². The number of hydrazone groups is 1. The Morgan fingerprint density at radius 1 is 1.35 bits per heavy atom.